The number of thiazole rings is 1. The van der Waals surface area contributed by atoms with Crippen LogP contribution in [0.5, 0.6) is 5.75 Å². The number of aromatic nitrogens is 1. The van der Waals surface area contributed by atoms with E-state index in [1.165, 1.54) is 0 Å². The molecule has 3 aromatic carbocycles. The zero-order chi connectivity index (χ0) is 18.8. The molecule has 1 aromatic heterocycles. The van der Waals surface area contributed by atoms with Crippen molar-refractivity contribution in [3.8, 4) is 16.3 Å². The van der Waals surface area contributed by atoms with E-state index in [1.54, 1.807) is 36.6 Å². The van der Waals surface area contributed by atoms with Crippen LogP contribution in [-0.2, 0) is 0 Å². The van der Waals surface area contributed by atoms with Crippen LogP contribution in [0.1, 0.15) is 15.9 Å². The number of aryl methyl sites for hydroxylation is 1. The Balaban J connectivity index is 1.65. The highest BCUT2D eigenvalue weighted by molar-refractivity contribution is 7.21. The molecule has 0 bridgehead atoms. The van der Waals surface area contributed by atoms with Crippen LogP contribution in [0.2, 0.25) is 0 Å². The number of anilines is 1. The summed E-state index contributed by atoms with van der Waals surface area (Å²) in [6, 6.07) is 21.2. The van der Waals surface area contributed by atoms with Crippen LogP contribution < -0.4 is 10.1 Å². The van der Waals surface area contributed by atoms with E-state index in [4.69, 9.17) is 9.72 Å². The average Bonchev–Trinajstić information content (AvgIpc) is 3.14. The summed E-state index contributed by atoms with van der Waals surface area (Å²) < 4.78 is 6.35. The molecule has 0 aliphatic rings. The monoisotopic (exact) mass is 374 g/mol. The molecule has 0 atom stereocenters. The Morgan fingerprint density at radius 3 is 2.70 bits per heavy atom. The number of nitrogens with zero attached hydrogens (tertiary/aromatic N) is 1. The number of fused-ring (bicyclic) bond motifs is 1. The zero-order valence-electron chi connectivity index (χ0n) is 15.0. The van der Waals surface area contributed by atoms with E-state index in [-0.39, 0.29) is 5.91 Å². The van der Waals surface area contributed by atoms with Crippen LogP contribution in [0, 0.1) is 6.92 Å². The first-order valence-corrected chi connectivity index (χ1v) is 9.38. The molecule has 0 fully saturated rings. The van der Waals surface area contributed by atoms with E-state index >= 15 is 0 Å². The van der Waals surface area contributed by atoms with E-state index in [2.05, 4.69) is 11.4 Å². The van der Waals surface area contributed by atoms with Crippen LogP contribution >= 0.6 is 11.3 Å². The summed E-state index contributed by atoms with van der Waals surface area (Å²) in [5, 5.41) is 3.94. The lowest BCUT2D eigenvalue weighted by atomic mass is 10.1. The third kappa shape index (κ3) is 3.55. The minimum atomic E-state index is -0.168. The predicted molar refractivity (Wildman–Crippen MR) is 111 cm³/mol. The summed E-state index contributed by atoms with van der Waals surface area (Å²) in [5.41, 5.74) is 4.30. The molecule has 1 N–H and O–H groups in total. The summed E-state index contributed by atoms with van der Waals surface area (Å²) in [6.45, 7) is 1.98. The van der Waals surface area contributed by atoms with Crippen molar-refractivity contribution >= 4 is 33.1 Å². The molecule has 4 rings (SSSR count). The number of carbonyl (C=O) groups is 1. The molecule has 27 heavy (non-hydrogen) atoms. The van der Waals surface area contributed by atoms with Gasteiger partial charge in [0.15, 0.2) is 0 Å². The number of methoxy groups -OCH3 is 1. The van der Waals surface area contributed by atoms with Crippen LogP contribution in [0.15, 0.2) is 66.7 Å². The van der Waals surface area contributed by atoms with Crippen molar-refractivity contribution in [2.45, 2.75) is 6.92 Å². The fourth-order valence-electron chi connectivity index (χ4n) is 2.84. The maximum atomic E-state index is 12.6. The smallest absolute Gasteiger partial charge is 0.255 e. The van der Waals surface area contributed by atoms with E-state index in [0.717, 1.165) is 32.0 Å². The normalized spacial score (nSPS) is 10.7. The number of hydrogen-bond acceptors (Lipinski definition) is 4. The average molecular weight is 374 g/mol. The first-order valence-electron chi connectivity index (χ1n) is 8.56. The molecule has 134 valence electrons. The molecule has 0 unspecified atom stereocenters. The Kier molecular flexibility index (Phi) is 4.60. The summed E-state index contributed by atoms with van der Waals surface area (Å²) in [5.74, 6) is 0.487. The third-order valence-electron chi connectivity index (χ3n) is 4.36. The Morgan fingerprint density at radius 2 is 1.89 bits per heavy atom. The van der Waals surface area contributed by atoms with Crippen molar-refractivity contribution < 1.29 is 9.53 Å². The summed E-state index contributed by atoms with van der Waals surface area (Å²) in [6.07, 6.45) is 0. The minimum absolute atomic E-state index is 0.168. The number of para-hydroxylation sites is 1. The van der Waals surface area contributed by atoms with Gasteiger partial charge in [-0.1, -0.05) is 30.3 Å². The molecule has 4 aromatic rings. The van der Waals surface area contributed by atoms with Gasteiger partial charge in [0.05, 0.1) is 17.3 Å². The van der Waals surface area contributed by atoms with Crippen LogP contribution in [0.4, 0.5) is 5.69 Å². The number of amides is 1. The highest BCUT2D eigenvalue weighted by atomic mass is 32.1. The molecule has 1 amide bonds. The molecule has 0 saturated carbocycles. The molecule has 4 nitrogen and oxygen atoms in total. The fourth-order valence-corrected chi connectivity index (χ4v) is 3.81. The lowest BCUT2D eigenvalue weighted by molar-refractivity contribution is 0.102. The molecule has 5 heteroatoms. The molecular weight excluding hydrogens is 356 g/mol. The van der Waals surface area contributed by atoms with Gasteiger partial charge in [-0.25, -0.2) is 4.98 Å². The largest absolute Gasteiger partial charge is 0.497 e. The van der Waals surface area contributed by atoms with E-state index in [0.29, 0.717) is 11.3 Å². The van der Waals surface area contributed by atoms with E-state index < -0.39 is 0 Å². The fraction of sp³-hybridized carbons (Fsp3) is 0.0909. The highest BCUT2D eigenvalue weighted by Crippen LogP contribution is 2.32. The Bertz CT molecular complexity index is 1100. The third-order valence-corrected chi connectivity index (χ3v) is 5.44. The highest BCUT2D eigenvalue weighted by Gasteiger charge is 2.12. The van der Waals surface area contributed by atoms with Gasteiger partial charge in [0, 0.05) is 16.8 Å². The molecule has 1 heterocycles. The van der Waals surface area contributed by atoms with Crippen molar-refractivity contribution in [2.24, 2.45) is 0 Å². The number of benzene rings is 3. The van der Waals surface area contributed by atoms with Crippen molar-refractivity contribution in [3.05, 3.63) is 77.9 Å². The lowest BCUT2D eigenvalue weighted by Crippen LogP contribution is -2.12. The summed E-state index contributed by atoms with van der Waals surface area (Å²) in [7, 11) is 1.59. The maximum Gasteiger partial charge on any atom is 0.255 e. The number of rotatable bonds is 4. The second-order valence-electron chi connectivity index (χ2n) is 6.20. The van der Waals surface area contributed by atoms with Crippen molar-refractivity contribution in [3.63, 3.8) is 0 Å². The summed E-state index contributed by atoms with van der Waals surface area (Å²) >= 11 is 1.64. The number of hydrogen-bond donors (Lipinski definition) is 1. The molecule has 0 saturated heterocycles. The van der Waals surface area contributed by atoms with Gasteiger partial charge in [0.1, 0.15) is 10.8 Å². The zero-order valence-corrected chi connectivity index (χ0v) is 15.8. The molecule has 0 radical (unpaired) electrons. The van der Waals surface area contributed by atoms with Gasteiger partial charge >= 0.3 is 0 Å². The lowest BCUT2D eigenvalue weighted by Gasteiger charge is -2.10. The Hall–Kier alpha value is -3.18. The number of carbonyl (C=O) groups excluding carboxylic acids is 1. The van der Waals surface area contributed by atoms with Crippen molar-refractivity contribution in [1.29, 1.82) is 0 Å². The van der Waals surface area contributed by atoms with Crippen molar-refractivity contribution in [1.82, 2.24) is 4.98 Å². The minimum Gasteiger partial charge on any atom is -0.497 e. The SMILES string of the molecule is COc1cccc(C(=O)Nc2cc(-c3nc4ccccc4s3)ccc2C)c1. The van der Waals surface area contributed by atoms with Crippen LogP contribution in [0.25, 0.3) is 20.8 Å². The van der Waals surface area contributed by atoms with Gasteiger partial charge < -0.3 is 10.1 Å². The van der Waals surface area contributed by atoms with E-state index in [1.807, 2.05) is 49.4 Å². The Morgan fingerprint density at radius 1 is 1.04 bits per heavy atom. The maximum absolute atomic E-state index is 12.6. The predicted octanol–water partition coefficient (Wildman–Crippen LogP) is 5.53. The van der Waals surface area contributed by atoms with Gasteiger partial charge in [-0.2, -0.15) is 0 Å². The van der Waals surface area contributed by atoms with Crippen molar-refractivity contribution in [2.75, 3.05) is 12.4 Å². The van der Waals surface area contributed by atoms with Crippen LogP contribution in [-0.4, -0.2) is 18.0 Å². The standard InChI is InChI=1S/C22H18N2O2S/c1-14-10-11-16(22-24-18-8-3-4-9-20(18)27-22)13-19(14)23-21(25)15-6-5-7-17(12-15)26-2/h3-13H,1-2H3,(H,23,25). The van der Waals surface area contributed by atoms with Gasteiger partial charge in [-0.3, -0.25) is 4.79 Å². The van der Waals surface area contributed by atoms with E-state index in [9.17, 15) is 4.79 Å². The van der Waals surface area contributed by atoms with Crippen LogP contribution in [0.3, 0.4) is 0 Å². The quantitative estimate of drug-likeness (QED) is 0.511. The van der Waals surface area contributed by atoms with Gasteiger partial charge in [0.2, 0.25) is 0 Å². The first kappa shape index (κ1) is 17.2. The second kappa shape index (κ2) is 7.21. The molecule has 0 spiro atoms. The van der Waals surface area contributed by atoms with Gasteiger partial charge in [0.25, 0.3) is 5.91 Å². The molecular formula is C22H18N2O2S. The van der Waals surface area contributed by atoms with Gasteiger partial charge in [-0.15, -0.1) is 11.3 Å². The number of ether oxygens (including phenoxy) is 1. The topological polar surface area (TPSA) is 51.2 Å². The number of nitrogens with one attached hydrogen (secondary N) is 1. The van der Waals surface area contributed by atoms with Gasteiger partial charge in [-0.05, 0) is 48.9 Å². The second-order valence-corrected chi connectivity index (χ2v) is 7.23. The Labute approximate surface area is 161 Å². The molecule has 0 aliphatic carbocycles. The summed E-state index contributed by atoms with van der Waals surface area (Å²) in [4.78, 5) is 17.3. The first-order chi connectivity index (χ1) is 13.1. The molecule has 0 aliphatic heterocycles.